The second-order valence-corrected chi connectivity index (χ2v) is 8.00. The average Bonchev–Trinajstić information content (AvgIpc) is 2.77. The normalized spacial score (nSPS) is 18.9. The molecule has 3 rings (SSSR count). The highest BCUT2D eigenvalue weighted by Gasteiger charge is 2.27. The zero-order valence-electron chi connectivity index (χ0n) is 17.9. The molecule has 0 radical (unpaired) electrons. The molecule has 2 atom stereocenters. The van der Waals surface area contributed by atoms with E-state index in [4.69, 9.17) is 11.1 Å². The Balaban J connectivity index is 1.67. The lowest BCUT2D eigenvalue weighted by molar-refractivity contribution is -0.108. The number of nitrogens with two attached hydrogens (primary N) is 1. The molecule has 7 nitrogen and oxygen atoms in total. The maximum absolute atomic E-state index is 12.9. The van der Waals surface area contributed by atoms with Crippen molar-refractivity contribution in [1.82, 2.24) is 4.90 Å². The zero-order valence-corrected chi connectivity index (χ0v) is 17.9. The van der Waals surface area contributed by atoms with Gasteiger partial charge in [-0.1, -0.05) is 18.6 Å². The average molecular weight is 422 g/mol. The third kappa shape index (κ3) is 5.92. The van der Waals surface area contributed by atoms with Crippen LogP contribution in [0.2, 0.25) is 0 Å². The molecule has 164 valence electrons. The summed E-state index contributed by atoms with van der Waals surface area (Å²) in [6, 6.07) is 15.1. The van der Waals surface area contributed by atoms with Crippen molar-refractivity contribution < 1.29 is 9.59 Å². The van der Waals surface area contributed by atoms with Crippen molar-refractivity contribution in [3.8, 4) is 0 Å². The second-order valence-electron chi connectivity index (χ2n) is 8.00. The molecular formula is C24H31N5O2. The van der Waals surface area contributed by atoms with Crippen molar-refractivity contribution in [3.05, 3.63) is 59.7 Å². The number of rotatable bonds is 9. The number of nitrogens with one attached hydrogen (secondary N) is 3. The lowest BCUT2D eigenvalue weighted by Gasteiger charge is -2.40. The summed E-state index contributed by atoms with van der Waals surface area (Å²) in [5.41, 5.74) is 8.10. The Labute approximate surface area is 183 Å². The number of aldehydes is 1. The van der Waals surface area contributed by atoms with Crippen LogP contribution in [-0.2, 0) is 4.79 Å². The number of carbonyl (C=O) groups excluding carboxylic acids is 2. The molecule has 1 aliphatic rings. The van der Waals surface area contributed by atoms with Crippen LogP contribution in [0, 0.1) is 5.41 Å². The van der Waals surface area contributed by atoms with Gasteiger partial charge in [0.2, 0.25) is 0 Å². The molecule has 31 heavy (non-hydrogen) atoms. The molecule has 7 heteroatoms. The molecule has 1 heterocycles. The van der Waals surface area contributed by atoms with Gasteiger partial charge in [-0.3, -0.25) is 15.1 Å². The number of hydrogen-bond acceptors (Lipinski definition) is 5. The fourth-order valence-corrected chi connectivity index (χ4v) is 4.16. The van der Waals surface area contributed by atoms with Gasteiger partial charge in [-0.2, -0.15) is 0 Å². The number of hydrogen-bond donors (Lipinski definition) is 4. The van der Waals surface area contributed by atoms with Gasteiger partial charge < -0.3 is 21.2 Å². The summed E-state index contributed by atoms with van der Waals surface area (Å²) >= 11 is 0. The van der Waals surface area contributed by atoms with Gasteiger partial charge in [0.25, 0.3) is 5.91 Å². The van der Waals surface area contributed by atoms with E-state index in [0.29, 0.717) is 35.3 Å². The van der Waals surface area contributed by atoms with E-state index < -0.39 is 0 Å². The van der Waals surface area contributed by atoms with Crippen LogP contribution in [0.1, 0.15) is 48.5 Å². The van der Waals surface area contributed by atoms with E-state index >= 15 is 0 Å². The first-order valence-electron chi connectivity index (χ1n) is 10.8. The van der Waals surface area contributed by atoms with Crippen LogP contribution in [0.25, 0.3) is 0 Å². The number of carbonyl (C=O) groups is 2. The largest absolute Gasteiger partial charge is 0.384 e. The Morgan fingerprint density at radius 1 is 1.19 bits per heavy atom. The fraction of sp³-hybridized carbons (Fsp3) is 0.375. The zero-order chi connectivity index (χ0) is 22.2. The monoisotopic (exact) mass is 421 g/mol. The highest BCUT2D eigenvalue weighted by atomic mass is 16.1. The number of anilines is 2. The molecule has 0 aliphatic carbocycles. The highest BCUT2D eigenvalue weighted by Crippen LogP contribution is 2.24. The maximum Gasteiger partial charge on any atom is 0.257 e. The molecule has 1 aliphatic heterocycles. The van der Waals surface area contributed by atoms with Gasteiger partial charge in [-0.25, -0.2) is 0 Å². The first kappa shape index (κ1) is 22.5. The van der Waals surface area contributed by atoms with Gasteiger partial charge in [0, 0.05) is 48.5 Å². The Bertz CT molecular complexity index is 912. The van der Waals surface area contributed by atoms with E-state index in [1.807, 2.05) is 18.2 Å². The summed E-state index contributed by atoms with van der Waals surface area (Å²) in [7, 11) is 0. The smallest absolute Gasteiger partial charge is 0.257 e. The number of para-hydroxylation sites is 1. The van der Waals surface area contributed by atoms with Gasteiger partial charge in [0.15, 0.2) is 0 Å². The number of likely N-dealkylation sites (tertiary alicyclic amines) is 1. The number of amidine groups is 1. The Hall–Kier alpha value is -3.19. The lowest BCUT2D eigenvalue weighted by atomic mass is 9.96. The van der Waals surface area contributed by atoms with Crippen LogP contribution in [0.3, 0.4) is 0 Å². The van der Waals surface area contributed by atoms with Gasteiger partial charge in [-0.05, 0) is 56.2 Å². The minimum absolute atomic E-state index is 0.00774. The fourth-order valence-electron chi connectivity index (χ4n) is 4.16. The standard InChI is InChI=1S/C24H31N5O2/c1-17-6-4-7-20(29(17)14-5-15-30)16-27-22-9-3-2-8-21(22)24(31)28-19-12-10-18(11-13-19)23(25)26/h2-3,8-13,15,17,20,27H,4-7,14,16H2,1H3,(H3,25,26)(H,28,31). The number of nitrogens with zero attached hydrogens (tertiary/aromatic N) is 1. The molecule has 1 amide bonds. The van der Waals surface area contributed by atoms with Crippen LogP contribution in [0.4, 0.5) is 11.4 Å². The predicted molar refractivity (Wildman–Crippen MR) is 125 cm³/mol. The summed E-state index contributed by atoms with van der Waals surface area (Å²) in [6.07, 6.45) is 4.92. The van der Waals surface area contributed by atoms with Gasteiger partial charge in [0.1, 0.15) is 12.1 Å². The molecule has 2 unspecified atom stereocenters. The van der Waals surface area contributed by atoms with Gasteiger partial charge in [-0.15, -0.1) is 0 Å². The van der Waals surface area contributed by atoms with Crippen molar-refractivity contribution >= 4 is 29.4 Å². The summed E-state index contributed by atoms with van der Waals surface area (Å²) in [5.74, 6) is -0.208. The molecule has 1 saturated heterocycles. The van der Waals surface area contributed by atoms with Gasteiger partial charge in [0.05, 0.1) is 5.56 Å². The van der Waals surface area contributed by atoms with Crippen LogP contribution < -0.4 is 16.4 Å². The van der Waals surface area contributed by atoms with Crippen LogP contribution in [-0.4, -0.2) is 48.1 Å². The predicted octanol–water partition coefficient (Wildman–Crippen LogP) is 3.47. The van der Waals surface area contributed by atoms with E-state index in [1.165, 1.54) is 6.42 Å². The first-order chi connectivity index (χ1) is 15.0. The molecule has 2 aromatic carbocycles. The molecule has 0 bridgehead atoms. The quantitative estimate of drug-likeness (QED) is 0.281. The van der Waals surface area contributed by atoms with Crippen molar-refractivity contribution in [2.24, 2.45) is 5.73 Å². The van der Waals surface area contributed by atoms with E-state index in [9.17, 15) is 9.59 Å². The molecular weight excluding hydrogens is 390 g/mol. The van der Waals surface area contributed by atoms with Crippen molar-refractivity contribution in [2.45, 2.75) is 44.7 Å². The number of nitrogen functional groups attached to an aromatic ring is 1. The third-order valence-electron chi connectivity index (χ3n) is 5.85. The molecule has 0 saturated carbocycles. The van der Waals surface area contributed by atoms with E-state index in [2.05, 4.69) is 22.5 Å². The van der Waals surface area contributed by atoms with E-state index in [-0.39, 0.29) is 11.7 Å². The molecule has 5 N–H and O–H groups in total. The minimum Gasteiger partial charge on any atom is -0.384 e. The number of benzene rings is 2. The molecule has 0 aromatic heterocycles. The summed E-state index contributed by atoms with van der Waals surface area (Å²) < 4.78 is 0. The first-order valence-corrected chi connectivity index (χ1v) is 10.8. The molecule has 2 aromatic rings. The topological polar surface area (TPSA) is 111 Å². The van der Waals surface area contributed by atoms with Crippen molar-refractivity contribution in [3.63, 3.8) is 0 Å². The third-order valence-corrected chi connectivity index (χ3v) is 5.85. The van der Waals surface area contributed by atoms with Crippen LogP contribution in [0.15, 0.2) is 48.5 Å². The second kappa shape index (κ2) is 10.7. The molecule has 1 fully saturated rings. The van der Waals surface area contributed by atoms with Crippen molar-refractivity contribution in [1.29, 1.82) is 5.41 Å². The van der Waals surface area contributed by atoms with Crippen LogP contribution >= 0.6 is 0 Å². The SMILES string of the molecule is CC1CCCC(CNc2ccccc2C(=O)Nc2ccc(C(=N)N)cc2)N1CCC=O. The Morgan fingerprint density at radius 3 is 2.65 bits per heavy atom. The Morgan fingerprint density at radius 2 is 1.94 bits per heavy atom. The summed E-state index contributed by atoms with van der Waals surface area (Å²) in [4.78, 5) is 26.2. The van der Waals surface area contributed by atoms with Crippen molar-refractivity contribution in [2.75, 3.05) is 23.7 Å². The molecule has 0 spiro atoms. The minimum atomic E-state index is -0.200. The van der Waals surface area contributed by atoms with Crippen LogP contribution in [0.5, 0.6) is 0 Å². The maximum atomic E-state index is 12.9. The summed E-state index contributed by atoms with van der Waals surface area (Å²) in [5, 5.41) is 13.8. The lowest BCUT2D eigenvalue weighted by Crippen LogP contribution is -2.48. The number of piperidine rings is 1. The van der Waals surface area contributed by atoms with Gasteiger partial charge >= 0.3 is 0 Å². The van der Waals surface area contributed by atoms with E-state index in [1.54, 1.807) is 30.3 Å². The number of amides is 1. The Kier molecular flexibility index (Phi) is 7.78. The summed E-state index contributed by atoms with van der Waals surface area (Å²) in [6.45, 7) is 3.71. The van der Waals surface area contributed by atoms with E-state index in [0.717, 1.165) is 37.9 Å². The highest BCUT2D eigenvalue weighted by molar-refractivity contribution is 6.08.